The van der Waals surface area contributed by atoms with E-state index >= 15 is 0 Å². The number of carbonyl (C=O) groups excluding carboxylic acids is 4. The lowest BCUT2D eigenvalue weighted by atomic mass is 10.0. The average molecular weight is 364 g/mol. The predicted molar refractivity (Wildman–Crippen MR) is 97.3 cm³/mol. The smallest absolute Gasteiger partial charge is 0.262 e. The molecular weight excluding hydrogens is 339 g/mol. The van der Waals surface area contributed by atoms with Crippen molar-refractivity contribution in [2.75, 3.05) is 0 Å². The van der Waals surface area contributed by atoms with Crippen molar-refractivity contribution < 1.29 is 23.6 Å². The van der Waals surface area contributed by atoms with Crippen LogP contribution in [0.3, 0.4) is 0 Å². The molecule has 6 nitrogen and oxygen atoms in total. The highest BCUT2D eigenvalue weighted by molar-refractivity contribution is 6.24. The van der Waals surface area contributed by atoms with Crippen LogP contribution >= 0.6 is 0 Å². The van der Waals surface area contributed by atoms with E-state index in [4.69, 9.17) is 0 Å². The molecule has 26 heavy (non-hydrogen) atoms. The third kappa shape index (κ3) is 4.84. The van der Waals surface area contributed by atoms with E-state index in [1.807, 2.05) is 27.7 Å². The molecule has 0 saturated carbocycles. The molecule has 2 aliphatic heterocycles. The highest BCUT2D eigenvalue weighted by Gasteiger charge is 2.44. The minimum Gasteiger partial charge on any atom is -0.295 e. The normalized spacial score (nSPS) is 20.0. The summed E-state index contributed by atoms with van der Waals surface area (Å²) in [5.74, 6) is -3.52. The Balaban J connectivity index is 0.00000146. The van der Waals surface area contributed by atoms with Crippen LogP contribution in [0.5, 0.6) is 0 Å². The van der Waals surface area contributed by atoms with Crippen molar-refractivity contribution in [2.24, 2.45) is 0 Å². The minimum atomic E-state index is -1.09. The molecule has 0 aromatic heterocycles. The summed E-state index contributed by atoms with van der Waals surface area (Å²) in [7, 11) is 0. The predicted octanol–water partition coefficient (Wildman–Crippen LogP) is 2.73. The van der Waals surface area contributed by atoms with Crippen molar-refractivity contribution in [1.82, 2.24) is 10.2 Å². The zero-order valence-electron chi connectivity index (χ0n) is 15.6. The summed E-state index contributed by atoms with van der Waals surface area (Å²) < 4.78 is 13.4. The first-order chi connectivity index (χ1) is 12.4. The van der Waals surface area contributed by atoms with Crippen molar-refractivity contribution >= 4 is 23.6 Å². The number of hydrogen-bond donors (Lipinski definition) is 1. The van der Waals surface area contributed by atoms with E-state index in [1.54, 1.807) is 0 Å². The first-order valence-electron chi connectivity index (χ1n) is 8.48. The first kappa shape index (κ1) is 23.2. The van der Waals surface area contributed by atoms with Gasteiger partial charge < -0.3 is 0 Å². The number of halogens is 1. The second-order valence-electron chi connectivity index (χ2n) is 4.71. The fourth-order valence-corrected chi connectivity index (χ4v) is 2.33. The van der Waals surface area contributed by atoms with Gasteiger partial charge in [-0.15, -0.1) is 0 Å². The zero-order valence-corrected chi connectivity index (χ0v) is 15.6. The Morgan fingerprint density at radius 3 is 2.08 bits per heavy atom. The average Bonchev–Trinajstić information content (AvgIpc) is 2.88. The molecule has 4 amide bonds. The highest BCUT2D eigenvalue weighted by Crippen LogP contribution is 2.28. The monoisotopic (exact) mass is 364 g/mol. The van der Waals surface area contributed by atoms with Crippen LogP contribution in [-0.4, -0.2) is 34.6 Å². The third-order valence-corrected chi connectivity index (χ3v) is 3.39. The SMILES string of the molecule is C=CC1=C(/C=C(/F)C=C)C(=O)N(C2CCC(=O)NC2=O)C1=O.CC.CC. The van der Waals surface area contributed by atoms with Gasteiger partial charge in [-0.2, -0.15) is 0 Å². The number of nitrogens with one attached hydrogen (secondary N) is 1. The fourth-order valence-electron chi connectivity index (χ4n) is 2.33. The van der Waals surface area contributed by atoms with E-state index in [2.05, 4.69) is 18.5 Å². The maximum atomic E-state index is 13.4. The molecule has 2 aliphatic rings. The van der Waals surface area contributed by atoms with E-state index in [0.29, 0.717) is 0 Å². The van der Waals surface area contributed by atoms with Crippen molar-refractivity contribution in [3.8, 4) is 0 Å². The van der Waals surface area contributed by atoms with Crippen LogP contribution in [0.15, 0.2) is 48.4 Å². The van der Waals surface area contributed by atoms with Gasteiger partial charge in [0, 0.05) is 6.42 Å². The van der Waals surface area contributed by atoms with Crippen molar-refractivity contribution in [1.29, 1.82) is 0 Å². The molecule has 1 N–H and O–H groups in total. The van der Waals surface area contributed by atoms with Crippen molar-refractivity contribution in [3.63, 3.8) is 0 Å². The van der Waals surface area contributed by atoms with Gasteiger partial charge in [0.1, 0.15) is 11.9 Å². The minimum absolute atomic E-state index is 0.0169. The van der Waals surface area contributed by atoms with Crippen LogP contribution in [-0.2, 0) is 19.2 Å². The van der Waals surface area contributed by atoms with Gasteiger partial charge in [-0.3, -0.25) is 29.4 Å². The summed E-state index contributed by atoms with van der Waals surface area (Å²) in [6, 6.07) is -1.09. The van der Waals surface area contributed by atoms with Gasteiger partial charge in [-0.1, -0.05) is 46.9 Å². The van der Waals surface area contributed by atoms with Gasteiger partial charge in [-0.25, -0.2) is 4.39 Å². The topological polar surface area (TPSA) is 83.6 Å². The number of imide groups is 2. The summed E-state index contributed by atoms with van der Waals surface area (Å²) in [4.78, 5) is 48.4. The second kappa shape index (κ2) is 10.9. The van der Waals surface area contributed by atoms with E-state index in [1.165, 1.54) is 0 Å². The lowest BCUT2D eigenvalue weighted by molar-refractivity contribution is -0.149. The Bertz CT molecular complexity index is 677. The van der Waals surface area contributed by atoms with E-state index in [9.17, 15) is 23.6 Å². The van der Waals surface area contributed by atoms with Gasteiger partial charge >= 0.3 is 0 Å². The van der Waals surface area contributed by atoms with Gasteiger partial charge in [0.05, 0.1) is 11.1 Å². The van der Waals surface area contributed by atoms with Crippen LogP contribution in [0.1, 0.15) is 40.5 Å². The van der Waals surface area contributed by atoms with E-state index in [-0.39, 0.29) is 24.0 Å². The summed E-state index contributed by atoms with van der Waals surface area (Å²) >= 11 is 0. The van der Waals surface area contributed by atoms with Gasteiger partial charge in [0.15, 0.2) is 0 Å². The highest BCUT2D eigenvalue weighted by atomic mass is 19.1. The quantitative estimate of drug-likeness (QED) is 0.614. The molecule has 0 radical (unpaired) electrons. The Morgan fingerprint density at radius 1 is 1.08 bits per heavy atom. The number of piperidine rings is 1. The van der Waals surface area contributed by atoms with E-state index < -0.39 is 35.5 Å². The van der Waals surface area contributed by atoms with Crippen molar-refractivity contribution in [3.05, 3.63) is 48.4 Å². The number of carbonyl (C=O) groups is 4. The number of amides is 4. The van der Waals surface area contributed by atoms with Crippen LogP contribution in [0, 0.1) is 0 Å². The lowest BCUT2D eigenvalue weighted by Gasteiger charge is -2.28. The van der Waals surface area contributed by atoms with Crippen molar-refractivity contribution in [2.45, 2.75) is 46.6 Å². The van der Waals surface area contributed by atoms with Gasteiger partial charge in [0.25, 0.3) is 11.8 Å². The number of nitrogens with zero attached hydrogens (tertiary/aromatic N) is 1. The number of hydrogen-bond acceptors (Lipinski definition) is 4. The molecule has 1 saturated heterocycles. The molecule has 1 fully saturated rings. The van der Waals surface area contributed by atoms with Crippen LogP contribution < -0.4 is 5.32 Å². The molecule has 2 heterocycles. The molecule has 7 heteroatoms. The van der Waals surface area contributed by atoms with Gasteiger partial charge in [0.2, 0.25) is 11.8 Å². The Kier molecular flexibility index (Phi) is 9.73. The number of rotatable bonds is 4. The second-order valence-corrected chi connectivity index (χ2v) is 4.71. The molecule has 142 valence electrons. The lowest BCUT2D eigenvalue weighted by Crippen LogP contribution is -2.54. The van der Waals surface area contributed by atoms with Crippen LogP contribution in [0.25, 0.3) is 0 Å². The first-order valence-corrected chi connectivity index (χ1v) is 8.48. The molecule has 0 aliphatic carbocycles. The Labute approximate surface area is 153 Å². The summed E-state index contributed by atoms with van der Waals surface area (Å²) in [6.07, 6.45) is 2.95. The molecule has 1 unspecified atom stereocenters. The van der Waals surface area contributed by atoms with Crippen LogP contribution in [0.2, 0.25) is 0 Å². The molecule has 0 spiro atoms. The zero-order chi connectivity index (χ0) is 20.4. The molecule has 0 aromatic rings. The maximum Gasteiger partial charge on any atom is 0.262 e. The summed E-state index contributed by atoms with van der Waals surface area (Å²) in [5, 5.41) is 2.07. The summed E-state index contributed by atoms with van der Waals surface area (Å²) in [5.41, 5.74) is -0.284. The fraction of sp³-hybridized carbons (Fsp3) is 0.368. The van der Waals surface area contributed by atoms with E-state index in [0.717, 1.165) is 23.1 Å². The Hall–Kier alpha value is -2.83. The molecule has 2 rings (SSSR count). The number of allylic oxidation sites excluding steroid dienone is 2. The Morgan fingerprint density at radius 2 is 1.62 bits per heavy atom. The molecule has 0 aromatic carbocycles. The standard InChI is InChI=1S/C15H13FN2O4.2C2H6/c1-3-8(16)7-10-9(4-2)14(21)18(15(10)22)11-5-6-12(19)17-13(11)20;2*1-2/h3-4,7,11H,1-2,5-6H2,(H,17,19,20);2*1-2H3/b8-7+;;. The molecule has 1 atom stereocenters. The van der Waals surface area contributed by atoms with Crippen LogP contribution in [0.4, 0.5) is 4.39 Å². The maximum absolute atomic E-state index is 13.4. The molecular formula is C19H25FN2O4. The molecule has 0 bridgehead atoms. The summed E-state index contributed by atoms with van der Waals surface area (Å²) in [6.45, 7) is 14.7. The third-order valence-electron chi connectivity index (χ3n) is 3.39. The largest absolute Gasteiger partial charge is 0.295 e. The van der Waals surface area contributed by atoms with Gasteiger partial charge in [-0.05, 0) is 18.6 Å².